The average molecular weight is 1600 g/mol. The molecule has 6 heterocycles. The SMILES string of the molecule is C.C#C[Si](C)(C)C.C#Cc1ccc(-c2cnc([C@@H]3CCCN3C(=O)[C@@H](NC(=O)OC)C(C)C)[nH]2)cc1.CO.COC(=O)N[C@H](C(=O)N1CCC[C@H]1c1ncc(-c2ccc(Br)cc2)[nH]1)C(C)C.COC(=O)N[C@H](C(=O)N1CCC[C@H]1c1ncc(-c2ccc(C#C[Si](C)(C)C)cc2)[nH]1)C(C)C.O=CO[O-].[H-].[K+].[K+]. The number of nitrogens with one attached hydrogen (secondary N) is 6. The van der Waals surface area contributed by atoms with Crippen molar-refractivity contribution in [2.24, 2.45) is 17.8 Å². The zero-order valence-electron chi connectivity index (χ0n) is 64.4. The fraction of sp³-hybridized carbons (Fsp3) is 0.467. The van der Waals surface area contributed by atoms with Crippen LogP contribution in [0, 0.1) is 53.5 Å². The van der Waals surface area contributed by atoms with Crippen LogP contribution in [0.4, 0.5) is 14.4 Å². The summed E-state index contributed by atoms with van der Waals surface area (Å²) in [6.07, 6.45) is 19.2. The van der Waals surface area contributed by atoms with Crippen LogP contribution in [0.2, 0.25) is 39.3 Å². The number of methoxy groups -OCH3 is 3. The molecule has 3 saturated heterocycles. The second kappa shape index (κ2) is 48.2. The van der Waals surface area contributed by atoms with E-state index in [-0.39, 0.29) is 172 Å². The Morgan fingerprint density at radius 2 is 0.838 bits per heavy atom. The number of amides is 6. The summed E-state index contributed by atoms with van der Waals surface area (Å²) in [6.45, 7) is 26.3. The van der Waals surface area contributed by atoms with E-state index in [9.17, 15) is 28.8 Å². The van der Waals surface area contributed by atoms with Gasteiger partial charge in [0, 0.05) is 42.3 Å². The Kier molecular flexibility index (Phi) is 44.5. The Labute approximate surface area is 717 Å². The van der Waals surface area contributed by atoms with Crippen LogP contribution in [0.3, 0.4) is 0 Å². The largest absolute Gasteiger partial charge is 1.00 e. The number of hydrogen-bond acceptors (Lipinski definition) is 16. The van der Waals surface area contributed by atoms with Crippen LogP contribution in [0.1, 0.15) is 136 Å². The molecular weight excluding hydrogens is 1490 g/mol. The zero-order chi connectivity index (χ0) is 76.0. The van der Waals surface area contributed by atoms with E-state index in [1.807, 2.05) is 130 Å². The minimum Gasteiger partial charge on any atom is -1.00 e. The Bertz CT molecular complexity index is 3840. The number of aliphatic hydroxyl groups excluding tert-OH is 1. The molecule has 9 rings (SSSR count). The summed E-state index contributed by atoms with van der Waals surface area (Å²) in [6, 6.07) is 21.4. The van der Waals surface area contributed by atoms with Crippen molar-refractivity contribution in [3.05, 3.63) is 124 Å². The summed E-state index contributed by atoms with van der Waals surface area (Å²) < 4.78 is 15.1. The molecule has 3 aliphatic rings. The minimum atomic E-state index is -1.41. The van der Waals surface area contributed by atoms with Gasteiger partial charge >= 0.3 is 121 Å². The second-order valence-corrected chi connectivity index (χ2v) is 37.5. The Hall–Kier alpha value is -6.23. The number of rotatable bonds is 16. The first-order valence-electron chi connectivity index (χ1n) is 33.6. The van der Waals surface area contributed by atoms with Gasteiger partial charge in [-0.3, -0.25) is 19.2 Å². The molecule has 7 N–H and O–H groups in total. The van der Waals surface area contributed by atoms with Gasteiger partial charge in [-0.2, -0.15) is 0 Å². The quantitative estimate of drug-likeness (QED) is 0.0154. The van der Waals surface area contributed by atoms with Gasteiger partial charge < -0.3 is 76.5 Å². The molecular formula is C75H105BrK2N12O13Si2. The number of carbonyl (C=O) groups excluding carboxylic acids is 7. The summed E-state index contributed by atoms with van der Waals surface area (Å²) >= 11 is 3.44. The maximum Gasteiger partial charge on any atom is 1.00 e. The molecule has 6 atom stereocenters. The van der Waals surface area contributed by atoms with Gasteiger partial charge in [0.2, 0.25) is 17.7 Å². The first-order valence-corrected chi connectivity index (χ1v) is 41.4. The fourth-order valence-electron chi connectivity index (χ4n) is 10.9. The van der Waals surface area contributed by atoms with E-state index < -0.39 is 52.6 Å². The number of terminal acetylenes is 2. The average Bonchev–Trinajstić information content (AvgIpc) is 1.66. The van der Waals surface area contributed by atoms with E-state index in [1.54, 1.807) is 17.3 Å². The topological polar surface area (TPSA) is 332 Å². The molecule has 3 fully saturated rings. The van der Waals surface area contributed by atoms with Gasteiger partial charge in [0.1, 0.15) is 51.7 Å². The summed E-state index contributed by atoms with van der Waals surface area (Å²) in [5.74, 6) is 7.63. The summed E-state index contributed by atoms with van der Waals surface area (Å²) in [4.78, 5) is 115. The molecule has 0 aliphatic carbocycles. The molecule has 0 saturated carbocycles. The molecule has 6 amide bonds. The molecule has 560 valence electrons. The Morgan fingerprint density at radius 3 is 1.08 bits per heavy atom. The van der Waals surface area contributed by atoms with E-state index in [0.717, 1.165) is 112 Å². The van der Waals surface area contributed by atoms with Crippen LogP contribution >= 0.6 is 15.9 Å². The van der Waals surface area contributed by atoms with Crippen LogP contribution in [-0.2, 0) is 38.3 Å². The maximum absolute atomic E-state index is 13.3. The Morgan fingerprint density at radius 1 is 0.562 bits per heavy atom. The van der Waals surface area contributed by atoms with Crippen molar-refractivity contribution in [2.75, 3.05) is 48.1 Å². The number of halogens is 1. The number of aromatic amines is 3. The van der Waals surface area contributed by atoms with Crippen LogP contribution in [0.15, 0.2) is 95.9 Å². The normalized spacial score (nSPS) is 15.5. The number of ether oxygens (including phenoxy) is 3. The molecule has 0 radical (unpaired) electrons. The van der Waals surface area contributed by atoms with Crippen LogP contribution in [-0.4, -0.2) is 175 Å². The molecule has 0 unspecified atom stereocenters. The third-order valence-corrected chi connectivity index (χ3v) is 18.6. The molecule has 25 nitrogen and oxygen atoms in total. The molecule has 0 spiro atoms. The van der Waals surface area contributed by atoms with Gasteiger partial charge in [-0.1, -0.05) is 152 Å². The molecule has 3 aromatic heterocycles. The number of benzene rings is 3. The van der Waals surface area contributed by atoms with Crippen molar-refractivity contribution >= 4 is 74.6 Å². The summed E-state index contributed by atoms with van der Waals surface area (Å²) in [5.41, 5.74) is 13.7. The predicted octanol–water partition coefficient (Wildman–Crippen LogP) is 5.63. The minimum absolute atomic E-state index is 0. The van der Waals surface area contributed by atoms with E-state index in [2.05, 4.69) is 138 Å². The number of H-pyrrole nitrogens is 3. The van der Waals surface area contributed by atoms with E-state index in [4.69, 9.17) is 32.7 Å². The number of imidazole rings is 3. The number of carbonyl (C=O) groups is 7. The van der Waals surface area contributed by atoms with Gasteiger partial charge in [-0.15, -0.1) is 23.9 Å². The number of nitrogens with zero attached hydrogens (tertiary/aromatic N) is 6. The molecule has 30 heteroatoms. The van der Waals surface area contributed by atoms with Crippen molar-refractivity contribution < 1.29 is 167 Å². The second-order valence-electron chi connectivity index (χ2n) is 27.1. The molecule has 6 aromatic rings. The van der Waals surface area contributed by atoms with Crippen molar-refractivity contribution in [3.63, 3.8) is 0 Å². The molecule has 3 aliphatic heterocycles. The van der Waals surface area contributed by atoms with E-state index >= 15 is 0 Å². The number of hydrogen-bond donors (Lipinski definition) is 7. The molecule has 0 bridgehead atoms. The summed E-state index contributed by atoms with van der Waals surface area (Å²) in [5, 5.41) is 23.4. The van der Waals surface area contributed by atoms with Gasteiger partial charge in [0.25, 0.3) is 6.47 Å². The van der Waals surface area contributed by atoms with Gasteiger partial charge in [-0.25, -0.2) is 29.3 Å². The third-order valence-electron chi connectivity index (χ3n) is 16.3. The third kappa shape index (κ3) is 30.7. The van der Waals surface area contributed by atoms with E-state index in [0.29, 0.717) is 19.6 Å². The standard InChI is InChI=1S/C25H34N4O3Si.C22H26N4O3.C20H25BrN4O3.C5H10Si.CH2O3.CH4O.CH4.2K.H/c1-17(2)22(28-25(31)32-3)24(30)29-14-7-8-21(29)23-26-16-20(27-23)19-11-9-18(10-12-19)13-15-33(4,5)6;1-5-15-8-10-16(11-9-15)17-13-23-20(24-17)18-7-6-12-26(18)21(27)19(14(2)3)25-22(28)29-4;1-12(2)17(24-20(27)28-3)19(26)25-10-4-5-16(25)18-22-11-15(23-18)13-6-8-14(21)9-7-13;1-5-6(2,3)4;2-1-4-3;1-2;;;;/h9-12,16-17,21-22H,7-8,14H2,1-6H3,(H,26,27)(H,28,31);1,8-11,13-14,18-19H,6-7,12H2,2-4H3,(H,23,24)(H,25,28);6-9,11-12,16-17H,4-5,10H2,1-3H3,(H,22,23)(H,24,27);1H,2-4H3;1,3H;2H,1H3;1H4;;;/q;;;;;;;2*+1;-1/p-1/t21-,22-;18-,19-;16-,17-;;;;;;;/m000......./s1. The van der Waals surface area contributed by atoms with Crippen LogP contribution in [0.5, 0.6) is 0 Å². The predicted molar refractivity (Wildman–Crippen MR) is 407 cm³/mol. The van der Waals surface area contributed by atoms with Crippen molar-refractivity contribution in [2.45, 2.75) is 163 Å². The van der Waals surface area contributed by atoms with Crippen LogP contribution < -0.4 is 124 Å². The molecule has 105 heavy (non-hydrogen) atoms. The van der Waals surface area contributed by atoms with Gasteiger partial charge in [-0.05, 0) is 109 Å². The van der Waals surface area contributed by atoms with Crippen molar-refractivity contribution in [1.29, 1.82) is 0 Å². The smallest absolute Gasteiger partial charge is 1.00 e. The number of aliphatic hydroxyl groups is 1. The number of likely N-dealkylation sites (tertiary alicyclic amines) is 3. The van der Waals surface area contributed by atoms with Crippen LogP contribution in [0.25, 0.3) is 33.8 Å². The summed E-state index contributed by atoms with van der Waals surface area (Å²) in [7, 11) is 2.36. The molecule has 3 aromatic carbocycles. The first-order chi connectivity index (χ1) is 48.4. The van der Waals surface area contributed by atoms with E-state index in [1.165, 1.54) is 21.3 Å². The zero-order valence-corrected chi connectivity index (χ0v) is 73.2. The maximum atomic E-state index is 13.3. The number of aromatic nitrogens is 6. The first kappa shape index (κ1) is 96.8. The monoisotopic (exact) mass is 1590 g/mol. The van der Waals surface area contributed by atoms with Crippen molar-refractivity contribution in [3.8, 4) is 69.5 Å². The van der Waals surface area contributed by atoms with Crippen molar-refractivity contribution in [1.82, 2.24) is 60.6 Å². The van der Waals surface area contributed by atoms with Gasteiger partial charge in [0.05, 0.1) is 75.1 Å². The Balaban J connectivity index is 0.00000142. The fourth-order valence-corrected chi connectivity index (χ4v) is 11.7. The number of alkyl carbamates (subject to hydrolysis) is 3. The van der Waals surface area contributed by atoms with Gasteiger partial charge in [0.15, 0.2) is 0 Å².